The van der Waals surface area contributed by atoms with Gasteiger partial charge in [-0.3, -0.25) is 9.59 Å². The Kier molecular flexibility index (Phi) is 6.88. The van der Waals surface area contributed by atoms with Gasteiger partial charge in [0.05, 0.1) is 0 Å². The topological polar surface area (TPSA) is 78.7 Å². The Morgan fingerprint density at radius 3 is 2.57 bits per heavy atom. The van der Waals surface area contributed by atoms with Gasteiger partial charge in [0.1, 0.15) is 6.04 Å². The highest BCUT2D eigenvalue weighted by atomic mass is 16.2. The number of nitrogens with one attached hydrogen (secondary N) is 1. The molecule has 0 aromatic rings. The highest BCUT2D eigenvalue weighted by Gasteiger charge is 2.69. The van der Waals surface area contributed by atoms with Crippen molar-refractivity contribution in [3.8, 4) is 0 Å². The number of nitrogens with zero attached hydrogens (tertiary/aromatic N) is 2. The molecule has 1 spiro atoms. The molecule has 0 aromatic carbocycles. The molecule has 0 radical (unpaired) electrons. The Hall–Kier alpha value is -1.40. The van der Waals surface area contributed by atoms with Crippen LogP contribution in [0.4, 0.5) is 0 Å². The van der Waals surface area contributed by atoms with E-state index < -0.39 is 6.04 Å². The van der Waals surface area contributed by atoms with E-state index in [4.69, 9.17) is 5.73 Å². The molecule has 6 heteroatoms. The van der Waals surface area contributed by atoms with Gasteiger partial charge >= 0.3 is 0 Å². The second-order valence-corrected chi connectivity index (χ2v) is 14.4. The molecule has 1 heterocycles. The normalized spacial score (nSPS) is 43.8. The quantitative estimate of drug-likeness (QED) is 0.537. The van der Waals surface area contributed by atoms with Crippen molar-refractivity contribution in [2.75, 3.05) is 20.6 Å². The van der Waals surface area contributed by atoms with Crippen LogP contribution in [-0.2, 0) is 9.59 Å². The van der Waals surface area contributed by atoms with Gasteiger partial charge in [0.15, 0.2) is 0 Å². The van der Waals surface area contributed by atoms with Crippen LogP contribution in [0.1, 0.15) is 92.4 Å². The van der Waals surface area contributed by atoms with Crippen molar-refractivity contribution < 1.29 is 9.59 Å². The zero-order chi connectivity index (χ0) is 26.9. The van der Waals surface area contributed by atoms with Crippen LogP contribution in [-0.4, -0.2) is 65.9 Å². The average molecular weight is 513 g/mol. The van der Waals surface area contributed by atoms with Crippen molar-refractivity contribution in [2.45, 2.75) is 116 Å². The Bertz CT molecular complexity index is 963. The van der Waals surface area contributed by atoms with Gasteiger partial charge in [0.25, 0.3) is 0 Å². The molecule has 1 saturated heterocycles. The summed E-state index contributed by atoms with van der Waals surface area (Å²) in [6.07, 6.45) is 12.7. The van der Waals surface area contributed by atoms with Crippen LogP contribution >= 0.6 is 0 Å². The average Bonchev–Trinajstić information content (AvgIpc) is 3.23. The van der Waals surface area contributed by atoms with E-state index >= 15 is 0 Å². The van der Waals surface area contributed by atoms with E-state index in [2.05, 4.69) is 51.0 Å². The zero-order valence-corrected chi connectivity index (χ0v) is 24.5. The van der Waals surface area contributed by atoms with E-state index in [0.29, 0.717) is 23.8 Å². The summed E-state index contributed by atoms with van der Waals surface area (Å²) in [5, 5.41) is 2.92. The Balaban J connectivity index is 1.33. The molecule has 5 aliphatic rings. The molecule has 1 aliphatic heterocycles. The number of amides is 2. The number of hydrogen-bond acceptors (Lipinski definition) is 4. The van der Waals surface area contributed by atoms with E-state index in [1.807, 2.05) is 11.9 Å². The maximum atomic E-state index is 13.5. The summed E-state index contributed by atoms with van der Waals surface area (Å²) in [5.74, 6) is 2.52. The van der Waals surface area contributed by atoms with Gasteiger partial charge in [-0.2, -0.15) is 0 Å². The van der Waals surface area contributed by atoms with Gasteiger partial charge in [-0.05, 0) is 101 Å². The number of fused-ring (bicyclic) bond motifs is 4. The van der Waals surface area contributed by atoms with E-state index in [0.717, 1.165) is 37.0 Å². The van der Waals surface area contributed by atoms with Crippen molar-refractivity contribution in [1.82, 2.24) is 15.1 Å². The molecular weight excluding hydrogens is 460 g/mol. The summed E-state index contributed by atoms with van der Waals surface area (Å²) in [6, 6.07) is 0.259. The van der Waals surface area contributed by atoms with Crippen molar-refractivity contribution >= 4 is 11.8 Å². The maximum absolute atomic E-state index is 13.5. The molecule has 0 unspecified atom stereocenters. The molecule has 0 bridgehead atoms. The number of likely N-dealkylation sites (tertiary alicyclic amines) is 1. The molecule has 9 atom stereocenters. The Morgan fingerprint density at radius 1 is 1.19 bits per heavy atom. The largest absolute Gasteiger partial charge is 0.345 e. The predicted molar refractivity (Wildman–Crippen MR) is 149 cm³/mol. The van der Waals surface area contributed by atoms with Crippen LogP contribution in [0.3, 0.4) is 0 Å². The van der Waals surface area contributed by atoms with Gasteiger partial charge in [-0.25, -0.2) is 0 Å². The molecule has 4 fully saturated rings. The van der Waals surface area contributed by atoms with E-state index in [-0.39, 0.29) is 28.8 Å². The van der Waals surface area contributed by atoms with Crippen molar-refractivity contribution in [2.24, 2.45) is 40.2 Å². The summed E-state index contributed by atoms with van der Waals surface area (Å²) in [4.78, 5) is 29.8. The molecule has 2 amide bonds. The maximum Gasteiger partial charge on any atom is 0.245 e. The first-order valence-corrected chi connectivity index (χ1v) is 15.1. The van der Waals surface area contributed by atoms with Crippen LogP contribution in [0.15, 0.2) is 11.6 Å². The highest BCUT2D eigenvalue weighted by Crippen LogP contribution is 2.69. The molecule has 208 valence electrons. The van der Waals surface area contributed by atoms with Gasteiger partial charge in [-0.15, -0.1) is 0 Å². The summed E-state index contributed by atoms with van der Waals surface area (Å²) in [7, 11) is 4.24. The number of hydrogen-bond donors (Lipinski definition) is 2. The van der Waals surface area contributed by atoms with E-state index in [9.17, 15) is 9.59 Å². The number of allylic oxidation sites excluding steroid dienone is 1. The number of carbonyl (C=O) groups is 2. The summed E-state index contributed by atoms with van der Waals surface area (Å²) < 4.78 is 0. The van der Waals surface area contributed by atoms with E-state index in [1.54, 1.807) is 5.57 Å². The number of nitrogens with two attached hydrogens (primary N) is 1. The molecule has 4 aliphatic carbocycles. The minimum atomic E-state index is -0.430. The Labute approximate surface area is 225 Å². The molecule has 0 aromatic heterocycles. The summed E-state index contributed by atoms with van der Waals surface area (Å²) in [5.41, 5.74) is 9.38. The third-order valence-corrected chi connectivity index (χ3v) is 12.3. The molecule has 5 rings (SSSR count). The molecule has 37 heavy (non-hydrogen) atoms. The fourth-order valence-electron chi connectivity index (χ4n) is 10.2. The van der Waals surface area contributed by atoms with Gasteiger partial charge in [-0.1, -0.05) is 32.4 Å². The monoisotopic (exact) mass is 512 g/mol. The van der Waals surface area contributed by atoms with Crippen LogP contribution in [0.5, 0.6) is 0 Å². The second kappa shape index (κ2) is 9.36. The minimum Gasteiger partial charge on any atom is -0.345 e. The lowest BCUT2D eigenvalue weighted by Gasteiger charge is -2.59. The third kappa shape index (κ3) is 4.02. The molecule has 3 N–H and O–H groups in total. The number of carbonyl (C=O) groups excluding carboxylic acids is 2. The van der Waals surface area contributed by atoms with Crippen molar-refractivity contribution in [3.63, 3.8) is 0 Å². The highest BCUT2D eigenvalue weighted by molar-refractivity contribution is 5.87. The van der Waals surface area contributed by atoms with Gasteiger partial charge in [0.2, 0.25) is 11.8 Å². The predicted octanol–water partition coefficient (Wildman–Crippen LogP) is 4.34. The van der Waals surface area contributed by atoms with E-state index in [1.165, 1.54) is 45.6 Å². The third-order valence-electron chi connectivity index (χ3n) is 12.3. The number of likely N-dealkylation sites (N-methyl/N-ethyl adjacent to an activating group) is 2. The lowest BCUT2D eigenvalue weighted by atomic mass is 9.46. The smallest absolute Gasteiger partial charge is 0.245 e. The van der Waals surface area contributed by atoms with Gasteiger partial charge in [0, 0.05) is 43.6 Å². The first-order valence-electron chi connectivity index (χ1n) is 15.1. The SMILES string of the molecule is CC(=O)N[C@@H](CC(C)C)C(=O)N(C)[C@H]1CC[C@@]2(C)C(=CC[C@H]3[C@@H]4CC[C@]5(N)[C@H](C)N(C)C[C@]45CC[C@@H]32)C1. The standard InChI is InChI=1S/C31H52N4O2/c1-19(2)16-27(33-21(4)36)28(37)35(7)23-10-13-29(5)22(17-23)8-9-24-25(29)11-14-30-18-34(6)20(3)31(30,32)15-12-26(24)30/h8,19-20,23-27H,9-18,32H2,1-7H3,(H,33,36)/t20-,23-,24+,25-,26-,27-,29-,30+,31-/m0/s1. The van der Waals surface area contributed by atoms with Crippen LogP contribution in [0.2, 0.25) is 0 Å². The van der Waals surface area contributed by atoms with Crippen molar-refractivity contribution in [3.05, 3.63) is 11.6 Å². The summed E-state index contributed by atoms with van der Waals surface area (Å²) >= 11 is 0. The summed E-state index contributed by atoms with van der Waals surface area (Å²) in [6.45, 7) is 11.8. The fraction of sp³-hybridized carbons (Fsp3) is 0.871. The number of rotatable bonds is 5. The van der Waals surface area contributed by atoms with Crippen LogP contribution in [0, 0.1) is 34.5 Å². The van der Waals surface area contributed by atoms with Crippen LogP contribution < -0.4 is 11.1 Å². The molecular formula is C31H52N4O2. The lowest BCUT2D eigenvalue weighted by molar-refractivity contribution is -0.138. The molecule has 3 saturated carbocycles. The second-order valence-electron chi connectivity index (χ2n) is 14.4. The first kappa shape index (κ1) is 27.2. The lowest BCUT2D eigenvalue weighted by Crippen LogP contribution is -2.61. The van der Waals surface area contributed by atoms with Crippen LogP contribution in [0.25, 0.3) is 0 Å². The minimum absolute atomic E-state index is 0.0244. The zero-order valence-electron chi connectivity index (χ0n) is 24.5. The Morgan fingerprint density at radius 2 is 1.89 bits per heavy atom. The van der Waals surface area contributed by atoms with Gasteiger partial charge < -0.3 is 20.9 Å². The first-order chi connectivity index (χ1) is 17.3. The fourth-order valence-corrected chi connectivity index (χ4v) is 10.2. The van der Waals surface area contributed by atoms with Crippen molar-refractivity contribution in [1.29, 1.82) is 0 Å². The molecule has 6 nitrogen and oxygen atoms in total.